The number of benzene rings is 2. The lowest BCUT2D eigenvalue weighted by Gasteiger charge is -2.64. The lowest BCUT2D eigenvalue weighted by molar-refractivity contribution is -0.181. The van der Waals surface area contributed by atoms with Gasteiger partial charge in [-0.25, -0.2) is 0 Å². The number of nitriles is 1. The van der Waals surface area contributed by atoms with Gasteiger partial charge >= 0.3 is 0 Å². The van der Waals surface area contributed by atoms with Gasteiger partial charge in [-0.3, -0.25) is 28.9 Å². The van der Waals surface area contributed by atoms with Gasteiger partial charge in [0.15, 0.2) is 34.5 Å². The van der Waals surface area contributed by atoms with E-state index in [0.717, 1.165) is 4.90 Å². The van der Waals surface area contributed by atoms with E-state index in [1.54, 1.807) is 30.3 Å². The molecule has 3 unspecified atom stereocenters. The third-order valence-electron chi connectivity index (χ3n) is 9.31. The topological polar surface area (TPSA) is 266 Å². The molecule has 0 saturated heterocycles. The number of nitrogens with zero attached hydrogens (tertiary/aromatic N) is 2. The maximum atomic E-state index is 14.5. The Balaban J connectivity index is 1.79. The minimum absolute atomic E-state index is 0.0386. The number of aromatic hydroxyl groups is 1. The van der Waals surface area contributed by atoms with Crippen molar-refractivity contribution in [3.05, 3.63) is 47.5 Å². The molecule has 0 radical (unpaired) electrons. The van der Waals surface area contributed by atoms with E-state index in [0.29, 0.717) is 11.3 Å². The predicted octanol–water partition coefficient (Wildman–Crippen LogP) is -2.09. The number of nitrogens with two attached hydrogens (primary N) is 4. The second-order valence-electron chi connectivity index (χ2n) is 11.5. The van der Waals surface area contributed by atoms with E-state index in [2.05, 4.69) is 0 Å². The van der Waals surface area contributed by atoms with Crippen molar-refractivity contribution in [2.45, 2.75) is 29.3 Å². The number of ketones is 4. The third-order valence-corrected chi connectivity index (χ3v) is 9.31. The number of rotatable bonds is 4. The summed E-state index contributed by atoms with van der Waals surface area (Å²) in [6.45, 7) is 0. The number of methoxy groups -OCH3 is 1. The van der Waals surface area contributed by atoms with E-state index in [1.807, 2.05) is 0 Å². The smallest absolute Gasteiger partial charge is 0.235 e. The fourth-order valence-electron chi connectivity index (χ4n) is 7.26. The van der Waals surface area contributed by atoms with Crippen LogP contribution in [0.25, 0.3) is 11.1 Å². The van der Waals surface area contributed by atoms with Crippen LogP contribution in [0.2, 0.25) is 0 Å². The van der Waals surface area contributed by atoms with Crippen molar-refractivity contribution in [1.82, 2.24) is 4.90 Å². The third kappa shape index (κ3) is 3.36. The molecule has 43 heavy (non-hydrogen) atoms. The average Bonchev–Trinajstić information content (AvgIpc) is 2.95. The Hall–Kier alpha value is -4.52. The van der Waals surface area contributed by atoms with Crippen LogP contribution in [0, 0.1) is 28.6 Å². The van der Waals surface area contributed by atoms with Crippen molar-refractivity contribution < 1.29 is 38.9 Å². The van der Waals surface area contributed by atoms with Crippen molar-refractivity contribution in [2.75, 3.05) is 21.2 Å². The normalized spacial score (nSPS) is 35.1. The number of ether oxygens (including phenoxy) is 1. The molecule has 0 aromatic heterocycles. The molecule has 2 saturated carbocycles. The molecule has 2 aromatic carbocycles. The van der Waals surface area contributed by atoms with E-state index in [4.69, 9.17) is 27.7 Å². The Morgan fingerprint density at radius 1 is 1.05 bits per heavy atom. The largest absolute Gasteiger partial charge is 0.507 e. The summed E-state index contributed by atoms with van der Waals surface area (Å²) in [7, 11) is 4.11. The Kier molecular flexibility index (Phi) is 6.61. The van der Waals surface area contributed by atoms with Gasteiger partial charge in [-0.1, -0.05) is 24.3 Å². The number of hydrogen-bond acceptors (Lipinski definition) is 13. The first-order valence-corrected chi connectivity index (χ1v) is 13.1. The number of hydrogen-bond donors (Lipinski definition) is 6. The van der Waals surface area contributed by atoms with E-state index in [-0.39, 0.29) is 11.1 Å². The van der Waals surface area contributed by atoms with Crippen LogP contribution in [0.15, 0.2) is 36.4 Å². The first-order chi connectivity index (χ1) is 20.1. The molecule has 0 aliphatic heterocycles. The summed E-state index contributed by atoms with van der Waals surface area (Å²) in [4.78, 5) is 69.5. The van der Waals surface area contributed by atoms with Gasteiger partial charge in [0.25, 0.3) is 0 Å². The van der Waals surface area contributed by atoms with E-state index >= 15 is 0 Å². The molecular weight excluding hydrogens is 560 g/mol. The van der Waals surface area contributed by atoms with Crippen molar-refractivity contribution >= 4 is 29.0 Å². The van der Waals surface area contributed by atoms with Crippen LogP contribution in [0.4, 0.5) is 0 Å². The molecule has 0 spiro atoms. The van der Waals surface area contributed by atoms with Gasteiger partial charge in [-0.05, 0) is 37.4 Å². The quantitative estimate of drug-likeness (QED) is 0.209. The molecule has 1 amide bonds. The second kappa shape index (κ2) is 9.49. The molecule has 2 aromatic rings. The Labute approximate surface area is 245 Å². The van der Waals surface area contributed by atoms with E-state index in [9.17, 15) is 39.4 Å². The van der Waals surface area contributed by atoms with Crippen LogP contribution < -0.4 is 27.7 Å². The number of likely N-dealkylation sites (N-methyl/N-ethyl adjacent to an activating group) is 1. The van der Waals surface area contributed by atoms with Crippen LogP contribution in [0.1, 0.15) is 22.0 Å². The zero-order chi connectivity index (χ0) is 32.0. The maximum Gasteiger partial charge on any atom is 0.235 e. The summed E-state index contributed by atoms with van der Waals surface area (Å²) < 4.78 is 5.16. The molecule has 8 atom stereocenters. The minimum Gasteiger partial charge on any atom is -0.507 e. The van der Waals surface area contributed by atoms with Gasteiger partial charge < -0.3 is 37.9 Å². The molecule has 3 aliphatic carbocycles. The molecule has 14 nitrogen and oxygen atoms in total. The summed E-state index contributed by atoms with van der Waals surface area (Å²) in [5.41, 5.74) is 17.2. The van der Waals surface area contributed by atoms with Crippen LogP contribution >= 0.6 is 0 Å². The van der Waals surface area contributed by atoms with Crippen molar-refractivity contribution in [3.8, 4) is 28.7 Å². The number of aliphatic hydroxyl groups excluding tert-OH is 1. The SMILES string of the molecule is COc1ccc(-c2ccc3c(c2O)C(=O)C2C(=O)[C@]4(C#N)C(=O)C(C(N)=O)C(=O)[C@@H](N(C)C)[C@]4(N)[C@@H](O)[C@]2(N)C3N)cc1. The Bertz CT molecular complexity index is 1670. The Morgan fingerprint density at radius 2 is 1.65 bits per heavy atom. The predicted molar refractivity (Wildman–Crippen MR) is 148 cm³/mol. The highest BCUT2D eigenvalue weighted by Gasteiger charge is 2.83. The van der Waals surface area contributed by atoms with E-state index in [1.165, 1.54) is 33.3 Å². The zero-order valence-electron chi connectivity index (χ0n) is 23.4. The lowest BCUT2D eigenvalue weighted by atomic mass is 9.41. The molecule has 0 heterocycles. The van der Waals surface area contributed by atoms with Gasteiger partial charge in [0.1, 0.15) is 17.4 Å². The van der Waals surface area contributed by atoms with Gasteiger partial charge in [-0.15, -0.1) is 0 Å². The van der Waals surface area contributed by atoms with Crippen molar-refractivity contribution in [1.29, 1.82) is 5.26 Å². The van der Waals surface area contributed by atoms with Crippen LogP contribution in [-0.4, -0.2) is 88.6 Å². The summed E-state index contributed by atoms with van der Waals surface area (Å²) in [5, 5.41) is 33.8. The zero-order valence-corrected chi connectivity index (χ0v) is 23.4. The second-order valence-corrected chi connectivity index (χ2v) is 11.5. The number of phenolic OH excluding ortho intramolecular Hbond substituents is 1. The molecular formula is C29H30N6O8. The highest BCUT2D eigenvalue weighted by molar-refractivity contribution is 6.33. The number of carbonyl (C=O) groups excluding carboxylic acids is 5. The standard InChI is InChI=1S/C29H30N6O8/c1-35(2)22-20(38)16(25(32)41)23(39)27(10-30)24(40)17-19(37)15-14(21(31)28(17,33)26(42)29(22,27)34)9-8-13(18(15)36)11-4-6-12(43-3)7-5-11/h4-9,16-17,21-22,26,36,42H,31,33-34H2,1-3H3,(H2,32,41)/t16?,17?,21?,22-,26+,27+,28-,29+/m1/s1. The number of amides is 1. The first kappa shape index (κ1) is 30.0. The monoisotopic (exact) mass is 590 g/mol. The number of phenols is 1. The number of carbonyl (C=O) groups is 5. The van der Waals surface area contributed by atoms with Crippen LogP contribution in [0.3, 0.4) is 0 Å². The average molecular weight is 591 g/mol. The van der Waals surface area contributed by atoms with Crippen molar-refractivity contribution in [2.24, 2.45) is 40.2 Å². The lowest BCUT2D eigenvalue weighted by Crippen LogP contribution is -2.92. The fraction of sp³-hybridized carbons (Fsp3) is 0.379. The molecule has 5 rings (SSSR count). The summed E-state index contributed by atoms with van der Waals surface area (Å²) in [6, 6.07) is 7.53. The van der Waals surface area contributed by atoms with Gasteiger partial charge in [0.05, 0.1) is 48.0 Å². The number of fused-ring (bicyclic) bond motifs is 3. The molecule has 10 N–H and O–H groups in total. The number of Topliss-reactive ketones (excluding diaryl/α,β-unsaturated/α-hetero) is 4. The van der Waals surface area contributed by atoms with Gasteiger partial charge in [0.2, 0.25) is 5.91 Å². The molecule has 224 valence electrons. The first-order valence-electron chi connectivity index (χ1n) is 13.1. The summed E-state index contributed by atoms with van der Waals surface area (Å²) >= 11 is 0. The number of primary amides is 1. The fourth-order valence-corrected chi connectivity index (χ4v) is 7.26. The van der Waals surface area contributed by atoms with Crippen LogP contribution in [0.5, 0.6) is 11.5 Å². The minimum atomic E-state index is -3.13. The summed E-state index contributed by atoms with van der Waals surface area (Å²) in [6.07, 6.45) is -2.31. The molecule has 2 fully saturated rings. The van der Waals surface area contributed by atoms with Gasteiger partial charge in [0, 0.05) is 5.56 Å². The maximum absolute atomic E-state index is 14.5. The highest BCUT2D eigenvalue weighted by atomic mass is 16.5. The molecule has 0 bridgehead atoms. The summed E-state index contributed by atoms with van der Waals surface area (Å²) in [5.74, 6) is -11.2. The van der Waals surface area contributed by atoms with Gasteiger partial charge in [-0.2, -0.15) is 5.26 Å². The Morgan fingerprint density at radius 3 is 2.16 bits per heavy atom. The van der Waals surface area contributed by atoms with Crippen LogP contribution in [-0.2, 0) is 19.2 Å². The van der Waals surface area contributed by atoms with Crippen molar-refractivity contribution in [3.63, 3.8) is 0 Å². The molecule has 14 heteroatoms. The molecule has 3 aliphatic rings. The highest BCUT2D eigenvalue weighted by Crippen LogP contribution is 2.58. The number of aliphatic hydroxyl groups is 1. The van der Waals surface area contributed by atoms with E-state index < -0.39 is 86.9 Å².